The van der Waals surface area contributed by atoms with Crippen LogP contribution >= 0.6 is 0 Å². The molecule has 6 rings (SSSR count). The monoisotopic (exact) mass is 470 g/mol. The Labute approximate surface area is 206 Å². The molecule has 3 saturated carbocycles. The standard InChI is InChI=1S/C30H46O4/c1-26(2)22-9-8-20-19(28(22,5)13-12-23(26)31)11-15-29(6)18(10-14-30(20,29)7)17-16-21(33-25(17)32)24-27(3,4)34-24/h8,17-19,21-22,24-25,32H,9-16H2,1-7H3/t17-,18+,19+,21+,22+,24+,25+,28-,29-,30+/m0/s1. The molecule has 5 fully saturated rings. The molecule has 10 atom stereocenters. The highest BCUT2D eigenvalue weighted by molar-refractivity contribution is 5.85. The lowest BCUT2D eigenvalue weighted by molar-refractivity contribution is -0.147. The maximum absolute atomic E-state index is 12.8. The van der Waals surface area contributed by atoms with Crippen molar-refractivity contribution in [3.05, 3.63) is 11.6 Å². The van der Waals surface area contributed by atoms with Crippen LogP contribution in [0.5, 0.6) is 0 Å². The van der Waals surface area contributed by atoms with Gasteiger partial charge in [-0.05, 0) is 92.8 Å². The molecule has 0 spiro atoms. The van der Waals surface area contributed by atoms with E-state index in [0.717, 1.165) is 25.7 Å². The van der Waals surface area contributed by atoms with Gasteiger partial charge < -0.3 is 14.6 Å². The van der Waals surface area contributed by atoms with Crippen molar-refractivity contribution in [2.75, 3.05) is 0 Å². The van der Waals surface area contributed by atoms with Crippen molar-refractivity contribution in [2.24, 2.45) is 45.3 Å². The first-order valence-electron chi connectivity index (χ1n) is 14.0. The van der Waals surface area contributed by atoms with Crippen molar-refractivity contribution in [3.8, 4) is 0 Å². The van der Waals surface area contributed by atoms with Crippen molar-refractivity contribution in [3.63, 3.8) is 0 Å². The average Bonchev–Trinajstić information content (AvgIpc) is 3.08. The summed E-state index contributed by atoms with van der Waals surface area (Å²) in [6.45, 7) is 16.2. The maximum Gasteiger partial charge on any atom is 0.158 e. The van der Waals surface area contributed by atoms with Crippen LogP contribution in [-0.2, 0) is 14.3 Å². The van der Waals surface area contributed by atoms with Gasteiger partial charge in [0.1, 0.15) is 11.9 Å². The van der Waals surface area contributed by atoms with E-state index in [1.165, 1.54) is 25.7 Å². The third kappa shape index (κ3) is 2.85. The van der Waals surface area contributed by atoms with Crippen LogP contribution in [0, 0.1) is 45.3 Å². The summed E-state index contributed by atoms with van der Waals surface area (Å²) in [5, 5.41) is 11.0. The first-order chi connectivity index (χ1) is 15.8. The molecule has 34 heavy (non-hydrogen) atoms. The summed E-state index contributed by atoms with van der Waals surface area (Å²) in [6, 6.07) is 0. The number of rotatable bonds is 2. The van der Waals surface area contributed by atoms with E-state index < -0.39 is 6.29 Å². The first-order valence-corrected chi connectivity index (χ1v) is 14.0. The van der Waals surface area contributed by atoms with E-state index in [1.54, 1.807) is 5.57 Å². The number of hydrogen-bond acceptors (Lipinski definition) is 4. The van der Waals surface area contributed by atoms with E-state index in [1.807, 2.05) is 0 Å². The Balaban J connectivity index is 1.30. The van der Waals surface area contributed by atoms with E-state index in [2.05, 4.69) is 54.5 Å². The molecule has 0 aromatic heterocycles. The minimum absolute atomic E-state index is 0.0253. The van der Waals surface area contributed by atoms with Crippen molar-refractivity contribution < 1.29 is 19.4 Å². The predicted octanol–water partition coefficient (Wildman–Crippen LogP) is 6.06. The number of allylic oxidation sites excluding steroid dienone is 2. The van der Waals surface area contributed by atoms with Gasteiger partial charge in [-0.1, -0.05) is 46.3 Å². The quantitative estimate of drug-likeness (QED) is 0.393. The molecule has 0 aromatic carbocycles. The summed E-state index contributed by atoms with van der Waals surface area (Å²) < 4.78 is 12.0. The topological polar surface area (TPSA) is 59.1 Å². The molecule has 0 amide bonds. The number of ether oxygens (including phenoxy) is 2. The number of epoxide rings is 1. The van der Waals surface area contributed by atoms with E-state index in [9.17, 15) is 9.90 Å². The summed E-state index contributed by atoms with van der Waals surface area (Å²) >= 11 is 0. The number of carbonyl (C=O) groups is 1. The highest BCUT2D eigenvalue weighted by Crippen LogP contribution is 2.73. The van der Waals surface area contributed by atoms with Gasteiger partial charge in [-0.25, -0.2) is 0 Å². The molecule has 1 N–H and O–H groups in total. The zero-order valence-corrected chi connectivity index (χ0v) is 22.4. The zero-order valence-electron chi connectivity index (χ0n) is 22.4. The van der Waals surface area contributed by atoms with Gasteiger partial charge in [0.05, 0.1) is 11.7 Å². The maximum atomic E-state index is 12.8. The normalized spacial score (nSPS) is 55.2. The second kappa shape index (κ2) is 6.98. The van der Waals surface area contributed by atoms with E-state index in [-0.39, 0.29) is 45.4 Å². The Bertz CT molecular complexity index is 934. The molecule has 0 unspecified atom stereocenters. The summed E-state index contributed by atoms with van der Waals surface area (Å²) in [7, 11) is 0. The predicted molar refractivity (Wildman–Crippen MR) is 132 cm³/mol. The lowest BCUT2D eigenvalue weighted by Crippen LogP contribution is -2.57. The number of aliphatic hydroxyl groups excluding tert-OH is 1. The number of fused-ring (bicyclic) bond motifs is 5. The molecule has 2 saturated heterocycles. The van der Waals surface area contributed by atoms with Gasteiger partial charge in [0.15, 0.2) is 6.29 Å². The van der Waals surface area contributed by atoms with Crippen LogP contribution in [-0.4, -0.2) is 35.0 Å². The third-order valence-corrected chi connectivity index (χ3v) is 12.7. The molecule has 6 aliphatic rings. The highest BCUT2D eigenvalue weighted by Gasteiger charge is 2.67. The zero-order chi connectivity index (χ0) is 24.5. The van der Waals surface area contributed by atoms with Crippen LogP contribution in [0.2, 0.25) is 0 Å². The van der Waals surface area contributed by atoms with Crippen LogP contribution in [0.4, 0.5) is 0 Å². The lowest BCUT2D eigenvalue weighted by Gasteiger charge is -2.63. The Morgan fingerprint density at radius 1 is 1.00 bits per heavy atom. The Kier molecular flexibility index (Phi) is 4.86. The highest BCUT2D eigenvalue weighted by atomic mass is 16.7. The molecule has 190 valence electrons. The van der Waals surface area contributed by atoms with Gasteiger partial charge in [-0.3, -0.25) is 4.79 Å². The molecule has 4 heteroatoms. The molecule has 2 heterocycles. The number of hydrogen-bond donors (Lipinski definition) is 1. The van der Waals surface area contributed by atoms with Crippen LogP contribution in [0.1, 0.15) is 99.8 Å². The molecule has 4 nitrogen and oxygen atoms in total. The summed E-state index contributed by atoms with van der Waals surface area (Å²) in [4.78, 5) is 12.8. The van der Waals surface area contributed by atoms with Crippen molar-refractivity contribution in [1.29, 1.82) is 0 Å². The SMILES string of the molecule is CC1(C)O[C@@H]1[C@H]1C[C@@H]([C@H]2CC[C@]3(C)C4=CC[C@@H]5C(C)(C)C(=O)CC[C@@]5(C)[C@@H]4CC[C@@]23C)[C@H](O)O1. The van der Waals surface area contributed by atoms with Gasteiger partial charge in [-0.2, -0.15) is 0 Å². The van der Waals surface area contributed by atoms with E-state index >= 15 is 0 Å². The van der Waals surface area contributed by atoms with Gasteiger partial charge in [0, 0.05) is 17.8 Å². The molecule has 0 bridgehead atoms. The van der Waals surface area contributed by atoms with Gasteiger partial charge in [0.25, 0.3) is 0 Å². The Hall–Kier alpha value is -0.710. The molecule has 2 aliphatic heterocycles. The minimum atomic E-state index is -0.667. The average molecular weight is 471 g/mol. The summed E-state index contributed by atoms with van der Waals surface area (Å²) in [5.74, 6) is 2.19. The minimum Gasteiger partial charge on any atom is -0.368 e. The first kappa shape index (κ1) is 23.7. The lowest BCUT2D eigenvalue weighted by atomic mass is 9.41. The molecule has 0 aromatic rings. The Morgan fingerprint density at radius 3 is 2.38 bits per heavy atom. The fourth-order valence-electron chi connectivity index (χ4n) is 10.3. The third-order valence-electron chi connectivity index (χ3n) is 12.7. The van der Waals surface area contributed by atoms with Gasteiger partial charge >= 0.3 is 0 Å². The molecule has 4 aliphatic carbocycles. The van der Waals surface area contributed by atoms with Crippen LogP contribution in [0.25, 0.3) is 0 Å². The molecule has 0 radical (unpaired) electrons. The summed E-state index contributed by atoms with van der Waals surface area (Å²) in [5.41, 5.74) is 1.95. The van der Waals surface area contributed by atoms with Gasteiger partial charge in [-0.15, -0.1) is 0 Å². The van der Waals surface area contributed by atoms with Crippen LogP contribution < -0.4 is 0 Å². The van der Waals surface area contributed by atoms with E-state index in [0.29, 0.717) is 23.5 Å². The number of carbonyl (C=O) groups excluding carboxylic acids is 1. The Morgan fingerprint density at radius 2 is 1.71 bits per heavy atom. The number of aliphatic hydroxyl groups is 1. The van der Waals surface area contributed by atoms with Crippen LogP contribution in [0.15, 0.2) is 11.6 Å². The fraction of sp³-hybridized carbons (Fsp3) is 0.900. The summed E-state index contributed by atoms with van der Waals surface area (Å²) in [6.07, 6.45) is 10.6. The molecular weight excluding hydrogens is 424 g/mol. The number of Topliss-reactive ketones (excluding diaryl/α,β-unsaturated/α-hetero) is 1. The smallest absolute Gasteiger partial charge is 0.158 e. The molecular formula is C30H46O4. The second-order valence-electron chi connectivity index (χ2n) is 14.7. The van der Waals surface area contributed by atoms with Crippen molar-refractivity contribution >= 4 is 5.78 Å². The largest absolute Gasteiger partial charge is 0.368 e. The van der Waals surface area contributed by atoms with Crippen molar-refractivity contribution in [1.82, 2.24) is 0 Å². The number of ketones is 1. The van der Waals surface area contributed by atoms with Gasteiger partial charge in [0.2, 0.25) is 0 Å². The second-order valence-corrected chi connectivity index (χ2v) is 14.7. The fourth-order valence-corrected chi connectivity index (χ4v) is 10.3. The van der Waals surface area contributed by atoms with Crippen LogP contribution in [0.3, 0.4) is 0 Å². The van der Waals surface area contributed by atoms with Crippen molar-refractivity contribution in [2.45, 2.75) is 124 Å². The van der Waals surface area contributed by atoms with E-state index in [4.69, 9.17) is 9.47 Å².